The number of hydrogen-bond acceptors (Lipinski definition) is 5. The van der Waals surface area contributed by atoms with Crippen molar-refractivity contribution < 1.29 is 8.42 Å². The van der Waals surface area contributed by atoms with Gasteiger partial charge in [-0.15, -0.1) is 0 Å². The van der Waals surface area contributed by atoms with E-state index in [-0.39, 0.29) is 17.5 Å². The number of fused-ring (bicyclic) bond motifs is 1. The first-order valence-corrected chi connectivity index (χ1v) is 8.90. The molecule has 1 aliphatic rings. The molecule has 6 nitrogen and oxygen atoms in total. The predicted molar refractivity (Wildman–Crippen MR) is 83.1 cm³/mol. The van der Waals surface area contributed by atoms with E-state index in [1.54, 1.807) is 18.6 Å². The van der Waals surface area contributed by atoms with Gasteiger partial charge >= 0.3 is 0 Å². The molecule has 3 aromatic rings. The lowest BCUT2D eigenvalue weighted by Gasteiger charge is -2.14. The van der Waals surface area contributed by atoms with Crippen LogP contribution < -0.4 is 0 Å². The number of pyridine rings is 2. The van der Waals surface area contributed by atoms with E-state index in [9.17, 15) is 8.42 Å². The maximum atomic E-state index is 11.9. The summed E-state index contributed by atoms with van der Waals surface area (Å²) >= 11 is 0. The van der Waals surface area contributed by atoms with Crippen LogP contribution in [-0.4, -0.2) is 39.4 Å². The third-order valence-corrected chi connectivity index (χ3v) is 5.69. The number of sulfone groups is 1. The van der Waals surface area contributed by atoms with E-state index in [4.69, 9.17) is 0 Å². The van der Waals surface area contributed by atoms with Gasteiger partial charge in [-0.25, -0.2) is 18.4 Å². The van der Waals surface area contributed by atoms with Crippen molar-refractivity contribution in [2.45, 2.75) is 12.5 Å². The van der Waals surface area contributed by atoms with Gasteiger partial charge in [-0.2, -0.15) is 0 Å². The minimum absolute atomic E-state index is 0.125. The Kier molecular flexibility index (Phi) is 2.97. The zero-order chi connectivity index (χ0) is 15.2. The molecule has 0 amide bonds. The summed E-state index contributed by atoms with van der Waals surface area (Å²) in [6.45, 7) is 0. The smallest absolute Gasteiger partial charge is 0.160 e. The lowest BCUT2D eigenvalue weighted by atomic mass is 10.2. The Bertz CT molecular complexity index is 935. The van der Waals surface area contributed by atoms with Crippen molar-refractivity contribution in [1.29, 1.82) is 0 Å². The first kappa shape index (κ1) is 13.4. The van der Waals surface area contributed by atoms with Crippen molar-refractivity contribution >= 4 is 21.0 Å². The minimum atomic E-state index is -2.98. The van der Waals surface area contributed by atoms with Crippen LogP contribution >= 0.6 is 0 Å². The van der Waals surface area contributed by atoms with Gasteiger partial charge in [0.05, 0.1) is 17.5 Å². The molecule has 7 heteroatoms. The molecule has 22 heavy (non-hydrogen) atoms. The molecule has 1 fully saturated rings. The second-order valence-corrected chi connectivity index (χ2v) is 7.68. The van der Waals surface area contributed by atoms with Crippen molar-refractivity contribution in [3.63, 3.8) is 0 Å². The fourth-order valence-electron chi connectivity index (χ4n) is 2.95. The van der Waals surface area contributed by atoms with E-state index >= 15 is 0 Å². The number of nitrogens with zero attached hydrogens (tertiary/aromatic N) is 4. The molecular weight excluding hydrogens is 300 g/mol. The molecule has 1 unspecified atom stereocenters. The minimum Gasteiger partial charge on any atom is -0.304 e. The summed E-state index contributed by atoms with van der Waals surface area (Å²) in [6, 6.07) is 7.37. The quantitative estimate of drug-likeness (QED) is 0.721. The molecule has 0 radical (unpaired) electrons. The van der Waals surface area contributed by atoms with Gasteiger partial charge in [0.2, 0.25) is 0 Å². The highest BCUT2D eigenvalue weighted by Gasteiger charge is 2.32. The normalized spacial score (nSPS) is 20.5. The van der Waals surface area contributed by atoms with Crippen LogP contribution in [0, 0.1) is 0 Å². The maximum absolute atomic E-state index is 11.9. The highest BCUT2D eigenvalue weighted by Crippen LogP contribution is 2.32. The summed E-state index contributed by atoms with van der Waals surface area (Å²) in [6.07, 6.45) is 5.74. The summed E-state index contributed by atoms with van der Waals surface area (Å²) in [4.78, 5) is 13.2. The van der Waals surface area contributed by atoms with Gasteiger partial charge in [0.15, 0.2) is 15.5 Å². The topological polar surface area (TPSA) is 77.7 Å². The highest BCUT2D eigenvalue weighted by molar-refractivity contribution is 7.91. The van der Waals surface area contributed by atoms with E-state index in [1.807, 2.05) is 28.8 Å². The van der Waals surface area contributed by atoms with Gasteiger partial charge in [-0.3, -0.25) is 4.98 Å². The molecule has 0 N–H and O–H groups in total. The lowest BCUT2D eigenvalue weighted by Crippen LogP contribution is -2.12. The Balaban J connectivity index is 1.95. The predicted octanol–water partition coefficient (Wildman–Crippen LogP) is 1.85. The van der Waals surface area contributed by atoms with E-state index in [1.165, 1.54) is 0 Å². The molecule has 1 aliphatic heterocycles. The fraction of sp³-hybridized carbons (Fsp3) is 0.267. The molecule has 3 aromatic heterocycles. The average Bonchev–Trinajstić information content (AvgIpc) is 3.08. The molecule has 0 saturated carbocycles. The molecule has 0 spiro atoms. The van der Waals surface area contributed by atoms with Crippen LogP contribution in [0.1, 0.15) is 12.5 Å². The average molecular weight is 314 g/mol. The summed E-state index contributed by atoms with van der Waals surface area (Å²) in [7, 11) is -2.98. The lowest BCUT2D eigenvalue weighted by molar-refractivity contribution is 0.570. The summed E-state index contributed by atoms with van der Waals surface area (Å²) < 4.78 is 25.7. The van der Waals surface area contributed by atoms with Crippen molar-refractivity contribution in [2.24, 2.45) is 0 Å². The Morgan fingerprint density at radius 1 is 1.18 bits per heavy atom. The Morgan fingerprint density at radius 3 is 2.77 bits per heavy atom. The van der Waals surface area contributed by atoms with Gasteiger partial charge in [0.25, 0.3) is 0 Å². The maximum Gasteiger partial charge on any atom is 0.160 e. The molecular formula is C15H14N4O2S. The molecule has 4 rings (SSSR count). The zero-order valence-electron chi connectivity index (χ0n) is 11.8. The number of hydrogen-bond donors (Lipinski definition) is 0. The SMILES string of the molecule is O=S1(=O)CCC(n2c(-c3cccnc3)nc3cccnc32)C1. The molecule has 1 atom stereocenters. The van der Waals surface area contributed by atoms with Gasteiger partial charge in [0, 0.05) is 24.2 Å². The van der Waals surface area contributed by atoms with Gasteiger partial charge < -0.3 is 4.57 Å². The largest absolute Gasteiger partial charge is 0.304 e. The van der Waals surface area contributed by atoms with Gasteiger partial charge in [-0.05, 0) is 30.7 Å². The van der Waals surface area contributed by atoms with E-state index < -0.39 is 9.84 Å². The van der Waals surface area contributed by atoms with Crippen molar-refractivity contribution in [1.82, 2.24) is 19.5 Å². The summed E-state index contributed by atoms with van der Waals surface area (Å²) in [5.41, 5.74) is 2.36. The molecule has 112 valence electrons. The second kappa shape index (κ2) is 4.88. The second-order valence-electron chi connectivity index (χ2n) is 5.45. The van der Waals surface area contributed by atoms with Crippen molar-refractivity contribution in [3.8, 4) is 11.4 Å². The monoisotopic (exact) mass is 314 g/mol. The molecule has 0 aromatic carbocycles. The molecule has 0 aliphatic carbocycles. The Labute approximate surface area is 127 Å². The number of imidazole rings is 1. The number of aromatic nitrogens is 4. The third-order valence-electron chi connectivity index (χ3n) is 3.94. The van der Waals surface area contributed by atoms with Crippen LogP contribution in [0.15, 0.2) is 42.9 Å². The van der Waals surface area contributed by atoms with Gasteiger partial charge in [0.1, 0.15) is 11.3 Å². The highest BCUT2D eigenvalue weighted by atomic mass is 32.2. The summed E-state index contributed by atoms with van der Waals surface area (Å²) in [5.74, 6) is 1.09. The van der Waals surface area contributed by atoms with Crippen molar-refractivity contribution in [2.75, 3.05) is 11.5 Å². The van der Waals surface area contributed by atoms with Crippen LogP contribution in [0.4, 0.5) is 0 Å². The fourth-order valence-corrected chi connectivity index (χ4v) is 4.65. The van der Waals surface area contributed by atoms with E-state index in [0.29, 0.717) is 6.42 Å². The van der Waals surface area contributed by atoms with E-state index in [0.717, 1.165) is 22.6 Å². The Morgan fingerprint density at radius 2 is 2.05 bits per heavy atom. The van der Waals surface area contributed by atoms with Crippen LogP contribution in [0.3, 0.4) is 0 Å². The zero-order valence-corrected chi connectivity index (χ0v) is 12.6. The van der Waals surface area contributed by atoms with Crippen LogP contribution in [0.25, 0.3) is 22.6 Å². The van der Waals surface area contributed by atoms with Crippen LogP contribution in [0.2, 0.25) is 0 Å². The van der Waals surface area contributed by atoms with Crippen LogP contribution in [-0.2, 0) is 9.84 Å². The first-order valence-electron chi connectivity index (χ1n) is 7.08. The Hall–Kier alpha value is -2.28. The first-order chi connectivity index (χ1) is 10.6. The third kappa shape index (κ3) is 2.18. The summed E-state index contributed by atoms with van der Waals surface area (Å²) in [5, 5.41) is 0. The standard InChI is InChI=1S/C15H14N4O2S/c20-22(21)8-5-12(10-22)19-14(11-3-1-6-16-9-11)18-13-4-2-7-17-15(13)19/h1-4,6-7,9,12H,5,8,10H2. The van der Waals surface area contributed by atoms with E-state index in [2.05, 4.69) is 15.0 Å². The molecule has 1 saturated heterocycles. The molecule has 0 bridgehead atoms. The number of rotatable bonds is 2. The van der Waals surface area contributed by atoms with Gasteiger partial charge in [-0.1, -0.05) is 0 Å². The van der Waals surface area contributed by atoms with Crippen molar-refractivity contribution in [3.05, 3.63) is 42.9 Å². The molecule has 4 heterocycles. The van der Waals surface area contributed by atoms with Crippen LogP contribution in [0.5, 0.6) is 0 Å².